The van der Waals surface area contributed by atoms with Gasteiger partial charge < -0.3 is 5.32 Å². The lowest BCUT2D eigenvalue weighted by atomic mass is 9.86. The molecule has 1 N–H and O–H groups in total. The van der Waals surface area contributed by atoms with Crippen molar-refractivity contribution in [3.63, 3.8) is 0 Å². The van der Waals surface area contributed by atoms with E-state index in [2.05, 4.69) is 36.0 Å². The summed E-state index contributed by atoms with van der Waals surface area (Å²) in [5.41, 5.74) is 1.45. The van der Waals surface area contributed by atoms with Crippen molar-refractivity contribution in [1.82, 2.24) is 15.2 Å². The topological polar surface area (TPSA) is 28.2 Å². The second kappa shape index (κ2) is 6.21. The molecule has 4 heteroatoms. The van der Waals surface area contributed by atoms with E-state index in [9.17, 15) is 0 Å². The zero-order chi connectivity index (χ0) is 13.9. The maximum Gasteiger partial charge on any atom is 0.0634 e. The van der Waals surface area contributed by atoms with Gasteiger partial charge in [-0.05, 0) is 36.6 Å². The second-order valence-electron chi connectivity index (χ2n) is 6.43. The summed E-state index contributed by atoms with van der Waals surface area (Å²) in [5, 5.41) is 4.44. The molecule has 1 aromatic heterocycles. The zero-order valence-electron chi connectivity index (χ0n) is 12.1. The van der Waals surface area contributed by atoms with Gasteiger partial charge in [0.2, 0.25) is 0 Å². The quantitative estimate of drug-likeness (QED) is 0.903. The lowest BCUT2D eigenvalue weighted by Crippen LogP contribution is -2.46. The Morgan fingerprint density at radius 1 is 1.47 bits per heavy atom. The van der Waals surface area contributed by atoms with Crippen LogP contribution in [0.1, 0.15) is 32.8 Å². The Bertz CT molecular complexity index is 414. The lowest BCUT2D eigenvalue weighted by molar-refractivity contribution is 0.192. The van der Waals surface area contributed by atoms with Crippen LogP contribution in [0.3, 0.4) is 0 Å². The molecule has 0 spiro atoms. The summed E-state index contributed by atoms with van der Waals surface area (Å²) in [6.45, 7) is 11.1. The minimum atomic E-state index is 0.282. The SMILES string of the molecule is CC(C)(C)C1CN(Cc2ccncc2Cl)CCCN1. The maximum absolute atomic E-state index is 6.21. The van der Waals surface area contributed by atoms with Gasteiger partial charge in [-0.2, -0.15) is 0 Å². The van der Waals surface area contributed by atoms with Gasteiger partial charge in [0.05, 0.1) is 5.02 Å². The van der Waals surface area contributed by atoms with Crippen LogP contribution < -0.4 is 5.32 Å². The normalized spacial score (nSPS) is 22.2. The van der Waals surface area contributed by atoms with Crippen molar-refractivity contribution < 1.29 is 0 Å². The van der Waals surface area contributed by atoms with Crippen molar-refractivity contribution in [2.24, 2.45) is 5.41 Å². The number of pyridine rings is 1. The highest BCUT2D eigenvalue weighted by atomic mass is 35.5. The molecule has 2 heterocycles. The molecule has 0 amide bonds. The Hall–Kier alpha value is -0.640. The smallest absolute Gasteiger partial charge is 0.0634 e. The first-order valence-electron chi connectivity index (χ1n) is 7.01. The molecule has 19 heavy (non-hydrogen) atoms. The highest BCUT2D eigenvalue weighted by Gasteiger charge is 2.28. The van der Waals surface area contributed by atoms with Gasteiger partial charge in [-0.1, -0.05) is 32.4 Å². The van der Waals surface area contributed by atoms with Crippen molar-refractivity contribution in [3.05, 3.63) is 29.0 Å². The molecular weight excluding hydrogens is 258 g/mol. The lowest BCUT2D eigenvalue weighted by Gasteiger charge is -2.33. The van der Waals surface area contributed by atoms with Crippen LogP contribution in [0, 0.1) is 5.41 Å². The first-order valence-corrected chi connectivity index (χ1v) is 7.39. The van der Waals surface area contributed by atoms with E-state index in [4.69, 9.17) is 11.6 Å². The predicted octanol–water partition coefficient (Wildman–Crippen LogP) is 2.95. The van der Waals surface area contributed by atoms with Crippen LogP contribution in [0.25, 0.3) is 0 Å². The monoisotopic (exact) mass is 281 g/mol. The fraction of sp³-hybridized carbons (Fsp3) is 0.667. The highest BCUT2D eigenvalue weighted by Crippen LogP contribution is 2.23. The number of hydrogen-bond acceptors (Lipinski definition) is 3. The number of nitrogens with zero attached hydrogens (tertiary/aromatic N) is 2. The van der Waals surface area contributed by atoms with Crippen LogP contribution >= 0.6 is 11.6 Å². The van der Waals surface area contributed by atoms with Gasteiger partial charge in [0.1, 0.15) is 0 Å². The number of rotatable bonds is 2. The van der Waals surface area contributed by atoms with Crippen molar-refractivity contribution in [1.29, 1.82) is 0 Å². The van der Waals surface area contributed by atoms with Gasteiger partial charge in [0.25, 0.3) is 0 Å². The third-order valence-corrected chi connectivity index (χ3v) is 4.12. The second-order valence-corrected chi connectivity index (χ2v) is 6.84. The molecule has 0 aliphatic carbocycles. The van der Waals surface area contributed by atoms with E-state index in [-0.39, 0.29) is 5.41 Å². The van der Waals surface area contributed by atoms with E-state index in [0.717, 1.165) is 31.2 Å². The van der Waals surface area contributed by atoms with Crippen molar-refractivity contribution >= 4 is 11.6 Å². The molecule has 3 nitrogen and oxygen atoms in total. The van der Waals surface area contributed by atoms with Crippen LogP contribution in [0.4, 0.5) is 0 Å². The molecule has 1 saturated heterocycles. The first-order chi connectivity index (χ1) is 8.97. The molecule has 1 aliphatic rings. The van der Waals surface area contributed by atoms with Gasteiger partial charge in [-0.25, -0.2) is 0 Å². The molecule has 1 atom stereocenters. The molecule has 0 saturated carbocycles. The molecule has 106 valence electrons. The molecule has 1 unspecified atom stereocenters. The van der Waals surface area contributed by atoms with E-state index < -0.39 is 0 Å². The van der Waals surface area contributed by atoms with Gasteiger partial charge in [-0.15, -0.1) is 0 Å². The van der Waals surface area contributed by atoms with Crippen LogP contribution in [0.2, 0.25) is 5.02 Å². The number of halogens is 1. The number of nitrogens with one attached hydrogen (secondary N) is 1. The third-order valence-electron chi connectivity index (χ3n) is 3.78. The number of hydrogen-bond donors (Lipinski definition) is 1. The molecule has 0 radical (unpaired) electrons. The average Bonchev–Trinajstić information content (AvgIpc) is 2.57. The van der Waals surface area contributed by atoms with E-state index in [0.29, 0.717) is 6.04 Å². The summed E-state index contributed by atoms with van der Waals surface area (Å²) in [4.78, 5) is 6.55. The summed E-state index contributed by atoms with van der Waals surface area (Å²) in [6.07, 6.45) is 4.74. The Morgan fingerprint density at radius 2 is 2.26 bits per heavy atom. The summed E-state index contributed by atoms with van der Waals surface area (Å²) >= 11 is 6.21. The maximum atomic E-state index is 6.21. The van der Waals surface area contributed by atoms with Gasteiger partial charge in [-0.3, -0.25) is 9.88 Å². The van der Waals surface area contributed by atoms with E-state index >= 15 is 0 Å². The molecule has 0 bridgehead atoms. The summed E-state index contributed by atoms with van der Waals surface area (Å²) in [7, 11) is 0. The Labute approximate surface area is 121 Å². The first kappa shape index (κ1) is 14.8. The van der Waals surface area contributed by atoms with E-state index in [1.807, 2.05) is 12.3 Å². The molecule has 1 aliphatic heterocycles. The van der Waals surface area contributed by atoms with Crippen molar-refractivity contribution in [2.45, 2.75) is 39.8 Å². The summed E-state index contributed by atoms with van der Waals surface area (Å²) < 4.78 is 0. The van der Waals surface area contributed by atoms with E-state index in [1.54, 1.807) is 6.20 Å². The summed E-state index contributed by atoms with van der Waals surface area (Å²) in [6, 6.07) is 2.54. The fourth-order valence-corrected chi connectivity index (χ4v) is 2.67. The summed E-state index contributed by atoms with van der Waals surface area (Å²) in [5.74, 6) is 0. The van der Waals surface area contributed by atoms with Crippen LogP contribution in [0.5, 0.6) is 0 Å². The van der Waals surface area contributed by atoms with Gasteiger partial charge in [0.15, 0.2) is 0 Å². The van der Waals surface area contributed by atoms with Crippen LogP contribution in [-0.2, 0) is 6.54 Å². The Balaban J connectivity index is 2.05. The minimum Gasteiger partial charge on any atom is -0.312 e. The average molecular weight is 282 g/mol. The minimum absolute atomic E-state index is 0.282. The standard InChI is InChI=1S/C15H24ClN3/c1-15(2,3)14-11-19(8-4-6-18-14)10-12-5-7-17-9-13(12)16/h5,7,9,14,18H,4,6,8,10-11H2,1-3H3. The van der Waals surface area contributed by atoms with Gasteiger partial charge >= 0.3 is 0 Å². The largest absolute Gasteiger partial charge is 0.312 e. The molecular formula is C15H24ClN3. The van der Waals surface area contributed by atoms with Crippen molar-refractivity contribution in [2.75, 3.05) is 19.6 Å². The zero-order valence-corrected chi connectivity index (χ0v) is 12.9. The molecule has 1 fully saturated rings. The molecule has 2 rings (SSSR count). The van der Waals surface area contributed by atoms with E-state index in [1.165, 1.54) is 12.0 Å². The third kappa shape index (κ3) is 4.16. The number of aromatic nitrogens is 1. The van der Waals surface area contributed by atoms with Gasteiger partial charge in [0, 0.05) is 31.5 Å². The molecule has 1 aromatic rings. The van der Waals surface area contributed by atoms with Crippen LogP contribution in [0.15, 0.2) is 18.5 Å². The Kier molecular flexibility index (Phi) is 4.82. The molecule has 0 aromatic carbocycles. The predicted molar refractivity (Wildman–Crippen MR) is 80.4 cm³/mol. The highest BCUT2D eigenvalue weighted by molar-refractivity contribution is 6.31. The van der Waals surface area contributed by atoms with Crippen LogP contribution in [-0.4, -0.2) is 35.6 Å². The van der Waals surface area contributed by atoms with Crippen molar-refractivity contribution in [3.8, 4) is 0 Å². The Morgan fingerprint density at radius 3 is 2.95 bits per heavy atom. The fourth-order valence-electron chi connectivity index (χ4n) is 2.49.